The Kier molecular flexibility index (Phi) is 4.18. The lowest BCUT2D eigenvalue weighted by molar-refractivity contribution is -0.150. The van der Waals surface area contributed by atoms with E-state index in [0.717, 1.165) is 5.56 Å². The van der Waals surface area contributed by atoms with Crippen LogP contribution in [0.25, 0.3) is 0 Å². The van der Waals surface area contributed by atoms with Crippen molar-refractivity contribution in [3.8, 4) is 0 Å². The van der Waals surface area contributed by atoms with E-state index in [1.807, 2.05) is 25.1 Å². The van der Waals surface area contributed by atoms with Crippen molar-refractivity contribution in [2.45, 2.75) is 51.7 Å². The first-order chi connectivity index (χ1) is 10.2. The summed E-state index contributed by atoms with van der Waals surface area (Å²) in [5.74, 6) is -1.01. The SMILES string of the molecule is Cc1cccc(C2(C(=O)O)CCCN2C(=O)OC(C)(C)C)c1. The molecule has 0 radical (unpaired) electrons. The number of rotatable bonds is 2. The molecule has 22 heavy (non-hydrogen) atoms. The zero-order valence-corrected chi connectivity index (χ0v) is 13.5. The lowest BCUT2D eigenvalue weighted by Crippen LogP contribution is -2.52. The molecule has 0 bridgehead atoms. The Morgan fingerprint density at radius 3 is 2.55 bits per heavy atom. The number of likely N-dealkylation sites (tertiary alicyclic amines) is 1. The minimum atomic E-state index is -1.34. The first kappa shape index (κ1) is 16.3. The largest absolute Gasteiger partial charge is 0.479 e. The molecule has 0 aromatic heterocycles. The molecule has 1 aliphatic heterocycles. The summed E-state index contributed by atoms with van der Waals surface area (Å²) in [6.07, 6.45) is 0.457. The van der Waals surface area contributed by atoms with Crippen LogP contribution in [0.5, 0.6) is 0 Å². The van der Waals surface area contributed by atoms with E-state index in [4.69, 9.17) is 4.74 Å². The molecule has 1 fully saturated rings. The van der Waals surface area contributed by atoms with Gasteiger partial charge in [0.15, 0.2) is 5.54 Å². The Labute approximate surface area is 130 Å². The Balaban J connectivity index is 2.45. The van der Waals surface area contributed by atoms with Crippen molar-refractivity contribution >= 4 is 12.1 Å². The number of carbonyl (C=O) groups excluding carboxylic acids is 1. The number of benzene rings is 1. The Morgan fingerprint density at radius 1 is 1.32 bits per heavy atom. The zero-order valence-electron chi connectivity index (χ0n) is 13.5. The molecule has 5 heteroatoms. The van der Waals surface area contributed by atoms with Crippen LogP contribution in [0.1, 0.15) is 44.7 Å². The van der Waals surface area contributed by atoms with Gasteiger partial charge in [0.25, 0.3) is 0 Å². The average molecular weight is 305 g/mol. The van der Waals surface area contributed by atoms with Gasteiger partial charge in [-0.2, -0.15) is 0 Å². The van der Waals surface area contributed by atoms with Gasteiger partial charge in [0, 0.05) is 6.54 Å². The standard InChI is InChI=1S/C17H23NO4/c1-12-7-5-8-13(11-12)17(14(19)20)9-6-10-18(17)15(21)22-16(2,3)4/h5,7-8,11H,6,9-10H2,1-4H3,(H,19,20). The highest BCUT2D eigenvalue weighted by molar-refractivity contribution is 5.86. The summed E-state index contributed by atoms with van der Waals surface area (Å²) in [6, 6.07) is 7.33. The predicted molar refractivity (Wildman–Crippen MR) is 82.7 cm³/mol. The maximum atomic E-state index is 12.5. The van der Waals surface area contributed by atoms with Crippen LogP contribution in [-0.2, 0) is 15.1 Å². The van der Waals surface area contributed by atoms with Crippen molar-refractivity contribution in [2.24, 2.45) is 0 Å². The van der Waals surface area contributed by atoms with Crippen LogP contribution >= 0.6 is 0 Å². The number of aliphatic carboxylic acids is 1. The molecule has 0 spiro atoms. The monoisotopic (exact) mass is 305 g/mol. The van der Waals surface area contributed by atoms with Crippen LogP contribution in [0.4, 0.5) is 4.79 Å². The second kappa shape index (κ2) is 5.63. The van der Waals surface area contributed by atoms with Gasteiger partial charge >= 0.3 is 12.1 Å². The molecule has 0 aliphatic carbocycles. The first-order valence-corrected chi connectivity index (χ1v) is 7.48. The number of hydrogen-bond acceptors (Lipinski definition) is 3. The van der Waals surface area contributed by atoms with E-state index < -0.39 is 23.2 Å². The third kappa shape index (κ3) is 2.93. The van der Waals surface area contributed by atoms with Crippen molar-refractivity contribution < 1.29 is 19.4 Å². The highest BCUT2D eigenvalue weighted by Gasteiger charge is 2.52. The molecular weight excluding hydrogens is 282 g/mol. The molecule has 2 rings (SSSR count). The van der Waals surface area contributed by atoms with E-state index >= 15 is 0 Å². The van der Waals surface area contributed by atoms with Crippen LogP contribution in [0, 0.1) is 6.92 Å². The molecule has 1 amide bonds. The highest BCUT2D eigenvalue weighted by Crippen LogP contribution is 2.40. The Morgan fingerprint density at radius 2 is 2.00 bits per heavy atom. The number of carbonyl (C=O) groups is 2. The van der Waals surface area contributed by atoms with Crippen molar-refractivity contribution in [1.82, 2.24) is 4.90 Å². The topological polar surface area (TPSA) is 66.8 Å². The van der Waals surface area contributed by atoms with E-state index in [0.29, 0.717) is 24.9 Å². The van der Waals surface area contributed by atoms with Crippen molar-refractivity contribution in [1.29, 1.82) is 0 Å². The lowest BCUT2D eigenvalue weighted by atomic mass is 9.86. The van der Waals surface area contributed by atoms with E-state index in [9.17, 15) is 14.7 Å². The molecule has 1 aromatic rings. The molecule has 1 atom stereocenters. The third-order valence-corrected chi connectivity index (χ3v) is 3.84. The minimum absolute atomic E-state index is 0.384. The molecule has 1 saturated heterocycles. The fourth-order valence-electron chi connectivity index (χ4n) is 2.93. The second-order valence-corrected chi connectivity index (χ2v) is 6.77. The molecule has 1 heterocycles. The number of amides is 1. The molecule has 1 aliphatic rings. The van der Waals surface area contributed by atoms with E-state index in [1.54, 1.807) is 26.8 Å². The quantitative estimate of drug-likeness (QED) is 0.910. The number of hydrogen-bond donors (Lipinski definition) is 1. The summed E-state index contributed by atoms with van der Waals surface area (Å²) in [4.78, 5) is 25.9. The summed E-state index contributed by atoms with van der Waals surface area (Å²) in [5, 5.41) is 9.88. The van der Waals surface area contributed by atoms with Gasteiger partial charge in [-0.3, -0.25) is 4.90 Å². The Bertz CT molecular complexity index is 591. The molecule has 1 aromatic carbocycles. The molecule has 0 saturated carbocycles. The molecular formula is C17H23NO4. The molecule has 120 valence electrons. The van der Waals surface area contributed by atoms with Gasteiger partial charge < -0.3 is 9.84 Å². The zero-order chi connectivity index (χ0) is 16.5. The van der Waals surface area contributed by atoms with Crippen LogP contribution in [0.2, 0.25) is 0 Å². The molecule has 1 N–H and O–H groups in total. The van der Waals surface area contributed by atoms with Crippen molar-refractivity contribution in [3.63, 3.8) is 0 Å². The second-order valence-electron chi connectivity index (χ2n) is 6.77. The van der Waals surface area contributed by atoms with Gasteiger partial charge in [0.1, 0.15) is 5.60 Å². The predicted octanol–water partition coefficient (Wildman–Crippen LogP) is 3.31. The van der Waals surface area contributed by atoms with Crippen LogP contribution in [0.15, 0.2) is 24.3 Å². The van der Waals surface area contributed by atoms with Crippen LogP contribution < -0.4 is 0 Å². The van der Waals surface area contributed by atoms with Gasteiger partial charge in [0.2, 0.25) is 0 Å². The average Bonchev–Trinajstić information content (AvgIpc) is 2.82. The Hall–Kier alpha value is -2.04. The normalized spacial score (nSPS) is 21.7. The number of nitrogens with zero attached hydrogens (tertiary/aromatic N) is 1. The maximum Gasteiger partial charge on any atom is 0.411 e. The number of carboxylic acids is 1. The number of carboxylic acid groups (broad SMARTS) is 1. The summed E-state index contributed by atoms with van der Waals surface area (Å²) in [6.45, 7) is 7.61. The van der Waals surface area contributed by atoms with Gasteiger partial charge in [-0.15, -0.1) is 0 Å². The number of aryl methyl sites for hydroxylation is 1. The minimum Gasteiger partial charge on any atom is -0.479 e. The molecule has 5 nitrogen and oxygen atoms in total. The molecule has 1 unspecified atom stereocenters. The summed E-state index contributed by atoms with van der Waals surface area (Å²) in [7, 11) is 0. The van der Waals surface area contributed by atoms with Gasteiger partial charge in [-0.05, 0) is 46.1 Å². The highest BCUT2D eigenvalue weighted by atomic mass is 16.6. The van der Waals surface area contributed by atoms with Gasteiger partial charge in [-0.25, -0.2) is 9.59 Å². The summed E-state index contributed by atoms with van der Waals surface area (Å²) in [5.41, 5.74) is -0.400. The van der Waals surface area contributed by atoms with E-state index in [2.05, 4.69) is 0 Å². The fourth-order valence-corrected chi connectivity index (χ4v) is 2.93. The van der Waals surface area contributed by atoms with E-state index in [1.165, 1.54) is 4.90 Å². The van der Waals surface area contributed by atoms with Gasteiger partial charge in [0.05, 0.1) is 0 Å². The lowest BCUT2D eigenvalue weighted by Gasteiger charge is -2.36. The van der Waals surface area contributed by atoms with Gasteiger partial charge in [-0.1, -0.05) is 29.8 Å². The van der Waals surface area contributed by atoms with E-state index in [-0.39, 0.29) is 0 Å². The summed E-state index contributed by atoms with van der Waals surface area (Å²) >= 11 is 0. The summed E-state index contributed by atoms with van der Waals surface area (Å²) < 4.78 is 5.40. The van der Waals surface area contributed by atoms with Crippen LogP contribution in [-0.4, -0.2) is 34.2 Å². The third-order valence-electron chi connectivity index (χ3n) is 3.84. The van der Waals surface area contributed by atoms with Crippen LogP contribution in [0.3, 0.4) is 0 Å². The fraction of sp³-hybridized carbons (Fsp3) is 0.529. The van der Waals surface area contributed by atoms with Crippen molar-refractivity contribution in [2.75, 3.05) is 6.54 Å². The smallest absolute Gasteiger partial charge is 0.411 e. The maximum absolute atomic E-state index is 12.5. The first-order valence-electron chi connectivity index (χ1n) is 7.48. The number of ether oxygens (including phenoxy) is 1. The van der Waals surface area contributed by atoms with Crippen molar-refractivity contribution in [3.05, 3.63) is 35.4 Å².